The van der Waals surface area contributed by atoms with Crippen LogP contribution in [0.2, 0.25) is 0 Å². The van der Waals surface area contributed by atoms with Gasteiger partial charge in [-0.1, -0.05) is 24.3 Å². The van der Waals surface area contributed by atoms with E-state index in [-0.39, 0.29) is 6.04 Å². The molecule has 2 aliphatic rings. The second-order valence-electron chi connectivity index (χ2n) is 5.95. The first kappa shape index (κ1) is 13.3. The van der Waals surface area contributed by atoms with Crippen molar-refractivity contribution in [3.05, 3.63) is 59.4 Å². The van der Waals surface area contributed by atoms with Gasteiger partial charge in [-0.15, -0.1) is 0 Å². The predicted molar refractivity (Wildman–Crippen MR) is 87.2 cm³/mol. The number of benzene rings is 1. The van der Waals surface area contributed by atoms with E-state index in [0.717, 1.165) is 36.3 Å². The number of carbonyl (C=O) groups excluding carboxylic acids is 1. The standard InChI is InChI=1S/C18H19N3O/c22-12-17-18-2-1-9-21(18)11-16(20-17)14-5-3-13(4-6-14)15-7-8-19-10-15/h1-6,9,11-12,15,17,19-20H,7-8,10H2. The lowest BCUT2D eigenvalue weighted by molar-refractivity contribution is -0.109. The monoisotopic (exact) mass is 293 g/mol. The topological polar surface area (TPSA) is 46.1 Å². The Bertz CT molecular complexity index is 708. The highest BCUT2D eigenvalue weighted by molar-refractivity contribution is 5.80. The van der Waals surface area contributed by atoms with Crippen molar-refractivity contribution in [2.45, 2.75) is 18.4 Å². The molecule has 1 saturated heterocycles. The summed E-state index contributed by atoms with van der Waals surface area (Å²) in [6, 6.07) is 12.3. The third-order valence-corrected chi connectivity index (χ3v) is 4.60. The zero-order chi connectivity index (χ0) is 14.9. The molecule has 0 saturated carbocycles. The van der Waals surface area contributed by atoms with E-state index in [0.29, 0.717) is 5.92 Å². The molecule has 0 spiro atoms. The van der Waals surface area contributed by atoms with Gasteiger partial charge in [0.1, 0.15) is 12.3 Å². The SMILES string of the molecule is O=CC1NC(c2ccc(C3CCNC3)cc2)=Cn2cccc21. The van der Waals surface area contributed by atoms with Crippen LogP contribution < -0.4 is 10.6 Å². The van der Waals surface area contributed by atoms with Crippen LogP contribution in [0.1, 0.15) is 35.2 Å². The Morgan fingerprint density at radius 3 is 2.77 bits per heavy atom. The number of hydrogen-bond donors (Lipinski definition) is 2. The smallest absolute Gasteiger partial charge is 0.148 e. The molecule has 0 radical (unpaired) electrons. The number of nitrogens with zero attached hydrogens (tertiary/aromatic N) is 1. The van der Waals surface area contributed by atoms with E-state index in [1.165, 1.54) is 12.0 Å². The van der Waals surface area contributed by atoms with E-state index < -0.39 is 0 Å². The van der Waals surface area contributed by atoms with Gasteiger partial charge in [0.15, 0.2) is 0 Å². The van der Waals surface area contributed by atoms with Crippen molar-refractivity contribution in [2.24, 2.45) is 0 Å². The van der Waals surface area contributed by atoms with Crippen molar-refractivity contribution in [3.63, 3.8) is 0 Å². The molecule has 22 heavy (non-hydrogen) atoms. The molecule has 4 nitrogen and oxygen atoms in total. The van der Waals surface area contributed by atoms with Crippen molar-refractivity contribution in [1.29, 1.82) is 0 Å². The van der Waals surface area contributed by atoms with E-state index in [1.807, 2.05) is 29.1 Å². The van der Waals surface area contributed by atoms with Crippen molar-refractivity contribution in [3.8, 4) is 0 Å². The van der Waals surface area contributed by atoms with Crippen LogP contribution in [0.25, 0.3) is 11.9 Å². The Morgan fingerprint density at radius 1 is 1.18 bits per heavy atom. The fourth-order valence-corrected chi connectivity index (χ4v) is 3.34. The largest absolute Gasteiger partial charge is 0.369 e. The molecular weight excluding hydrogens is 274 g/mol. The zero-order valence-corrected chi connectivity index (χ0v) is 12.3. The summed E-state index contributed by atoms with van der Waals surface area (Å²) < 4.78 is 2.01. The van der Waals surface area contributed by atoms with Crippen LogP contribution in [-0.4, -0.2) is 23.9 Å². The highest BCUT2D eigenvalue weighted by Crippen LogP contribution is 2.27. The van der Waals surface area contributed by atoms with Crippen LogP contribution in [0.3, 0.4) is 0 Å². The van der Waals surface area contributed by atoms with E-state index >= 15 is 0 Å². The summed E-state index contributed by atoms with van der Waals surface area (Å²) in [7, 11) is 0. The fraction of sp³-hybridized carbons (Fsp3) is 0.278. The van der Waals surface area contributed by atoms with Gasteiger partial charge < -0.3 is 20.0 Å². The maximum absolute atomic E-state index is 11.3. The molecule has 112 valence electrons. The fourth-order valence-electron chi connectivity index (χ4n) is 3.34. The van der Waals surface area contributed by atoms with Gasteiger partial charge in [-0.3, -0.25) is 0 Å². The summed E-state index contributed by atoms with van der Waals surface area (Å²) in [4.78, 5) is 11.3. The van der Waals surface area contributed by atoms with E-state index in [4.69, 9.17) is 0 Å². The predicted octanol–water partition coefficient (Wildman–Crippen LogP) is 2.36. The minimum absolute atomic E-state index is 0.284. The molecule has 2 unspecified atom stereocenters. The molecule has 0 amide bonds. The highest BCUT2D eigenvalue weighted by Gasteiger charge is 2.21. The van der Waals surface area contributed by atoms with Crippen molar-refractivity contribution in [1.82, 2.24) is 15.2 Å². The van der Waals surface area contributed by atoms with Crippen LogP contribution >= 0.6 is 0 Å². The third kappa shape index (κ3) is 2.25. The second-order valence-corrected chi connectivity index (χ2v) is 5.95. The highest BCUT2D eigenvalue weighted by atomic mass is 16.1. The summed E-state index contributed by atoms with van der Waals surface area (Å²) in [6.45, 7) is 2.18. The molecule has 2 N–H and O–H groups in total. The van der Waals surface area contributed by atoms with Crippen molar-refractivity contribution < 1.29 is 4.79 Å². The lowest BCUT2D eigenvalue weighted by atomic mass is 9.96. The molecule has 0 aliphatic carbocycles. The summed E-state index contributed by atoms with van der Waals surface area (Å²) in [6.07, 6.45) is 6.18. The lowest BCUT2D eigenvalue weighted by Gasteiger charge is -2.24. The Hall–Kier alpha value is -2.33. The van der Waals surface area contributed by atoms with Crippen LogP contribution in [0.4, 0.5) is 0 Å². The van der Waals surface area contributed by atoms with Gasteiger partial charge in [0, 0.05) is 18.9 Å². The van der Waals surface area contributed by atoms with Crippen LogP contribution in [0, 0.1) is 0 Å². The first-order chi connectivity index (χ1) is 10.8. The van der Waals surface area contributed by atoms with Gasteiger partial charge in [0.05, 0.1) is 11.4 Å². The number of aldehydes is 1. The minimum atomic E-state index is -0.284. The summed E-state index contributed by atoms with van der Waals surface area (Å²) in [5.74, 6) is 0.626. The molecule has 4 heteroatoms. The maximum atomic E-state index is 11.3. The molecule has 4 rings (SSSR count). The summed E-state index contributed by atoms with van der Waals surface area (Å²) in [5, 5.41) is 6.71. The number of carbonyl (C=O) groups is 1. The molecule has 0 bridgehead atoms. The molecular formula is C18H19N3O. The molecule has 2 aromatic rings. The average Bonchev–Trinajstić information content (AvgIpc) is 3.25. The summed E-state index contributed by atoms with van der Waals surface area (Å²) >= 11 is 0. The molecule has 1 aromatic heterocycles. The molecule has 1 aromatic carbocycles. The Labute approximate surface area is 129 Å². The summed E-state index contributed by atoms with van der Waals surface area (Å²) in [5.41, 5.74) is 4.46. The van der Waals surface area contributed by atoms with Crippen molar-refractivity contribution >= 4 is 18.2 Å². The number of aromatic nitrogens is 1. The normalized spacial score (nSPS) is 23.5. The van der Waals surface area contributed by atoms with E-state index in [9.17, 15) is 4.79 Å². The van der Waals surface area contributed by atoms with Crippen LogP contribution in [0.5, 0.6) is 0 Å². The Balaban J connectivity index is 1.63. The molecule has 3 heterocycles. The quantitative estimate of drug-likeness (QED) is 0.854. The average molecular weight is 293 g/mol. The third-order valence-electron chi connectivity index (χ3n) is 4.60. The second kappa shape index (κ2) is 5.46. The Morgan fingerprint density at radius 2 is 2.05 bits per heavy atom. The molecule has 1 fully saturated rings. The van der Waals surface area contributed by atoms with E-state index in [1.54, 1.807) is 0 Å². The minimum Gasteiger partial charge on any atom is -0.369 e. The van der Waals surface area contributed by atoms with Gasteiger partial charge in [-0.2, -0.15) is 0 Å². The molecule has 2 aliphatic heterocycles. The number of rotatable bonds is 3. The van der Waals surface area contributed by atoms with Gasteiger partial charge >= 0.3 is 0 Å². The van der Waals surface area contributed by atoms with Gasteiger partial charge in [-0.05, 0) is 42.1 Å². The lowest BCUT2D eigenvalue weighted by Crippen LogP contribution is -2.27. The van der Waals surface area contributed by atoms with Gasteiger partial charge in [-0.25, -0.2) is 0 Å². The van der Waals surface area contributed by atoms with Gasteiger partial charge in [0.25, 0.3) is 0 Å². The van der Waals surface area contributed by atoms with E-state index in [2.05, 4.69) is 34.9 Å². The van der Waals surface area contributed by atoms with Crippen LogP contribution in [0.15, 0.2) is 42.6 Å². The number of hydrogen-bond acceptors (Lipinski definition) is 3. The molecule has 2 atom stereocenters. The van der Waals surface area contributed by atoms with Gasteiger partial charge in [0.2, 0.25) is 0 Å². The number of fused-ring (bicyclic) bond motifs is 1. The van der Waals surface area contributed by atoms with Crippen LogP contribution in [-0.2, 0) is 4.79 Å². The first-order valence-electron chi connectivity index (χ1n) is 7.76. The zero-order valence-electron chi connectivity index (χ0n) is 12.3. The Kier molecular flexibility index (Phi) is 3.31. The van der Waals surface area contributed by atoms with Crippen molar-refractivity contribution in [2.75, 3.05) is 13.1 Å². The first-order valence-corrected chi connectivity index (χ1v) is 7.76. The number of nitrogens with one attached hydrogen (secondary N) is 2. The maximum Gasteiger partial charge on any atom is 0.148 e.